The third-order valence-corrected chi connectivity index (χ3v) is 3.49. The molecule has 1 aromatic rings. The highest BCUT2D eigenvalue weighted by Gasteiger charge is 2.33. The molecular weight excluding hydrogens is 246 g/mol. The maximum Gasteiger partial charge on any atom is 0.191 e. The fourth-order valence-electron chi connectivity index (χ4n) is 1.91. The van der Waals surface area contributed by atoms with E-state index in [9.17, 15) is 0 Å². The van der Waals surface area contributed by atoms with Crippen molar-refractivity contribution in [2.24, 2.45) is 10.9 Å². The Bertz CT molecular complexity index is 431. The molecule has 0 amide bonds. The summed E-state index contributed by atoms with van der Waals surface area (Å²) in [4.78, 5) is 4.22. The van der Waals surface area contributed by atoms with Crippen molar-refractivity contribution in [2.75, 3.05) is 13.6 Å². The highest BCUT2D eigenvalue weighted by molar-refractivity contribution is 6.30. The summed E-state index contributed by atoms with van der Waals surface area (Å²) in [6.45, 7) is 3.11. The molecule has 2 N–H and O–H groups in total. The molecule has 1 saturated carbocycles. The zero-order valence-electron chi connectivity index (χ0n) is 10.9. The molecule has 1 aromatic carbocycles. The molecule has 0 radical (unpaired) electrons. The Labute approximate surface area is 114 Å². The van der Waals surface area contributed by atoms with Crippen LogP contribution in [0.3, 0.4) is 0 Å². The summed E-state index contributed by atoms with van der Waals surface area (Å²) in [5.41, 5.74) is 1.24. The van der Waals surface area contributed by atoms with E-state index in [1.165, 1.54) is 12.0 Å². The molecular formula is C14H20ClN3. The molecule has 1 aliphatic rings. The van der Waals surface area contributed by atoms with Crippen molar-refractivity contribution in [3.63, 3.8) is 0 Å². The van der Waals surface area contributed by atoms with Gasteiger partial charge in [0.1, 0.15) is 0 Å². The first-order valence-electron chi connectivity index (χ1n) is 6.40. The topological polar surface area (TPSA) is 36.4 Å². The number of benzene rings is 1. The number of hydrogen-bond donors (Lipinski definition) is 2. The molecule has 0 aliphatic heterocycles. The van der Waals surface area contributed by atoms with Crippen LogP contribution in [0.2, 0.25) is 5.02 Å². The molecule has 1 aliphatic carbocycles. The van der Waals surface area contributed by atoms with E-state index in [4.69, 9.17) is 11.6 Å². The lowest BCUT2D eigenvalue weighted by molar-refractivity contribution is 0.758. The number of guanidine groups is 1. The van der Waals surface area contributed by atoms with Crippen molar-refractivity contribution in [2.45, 2.75) is 25.8 Å². The van der Waals surface area contributed by atoms with Gasteiger partial charge in [0.2, 0.25) is 0 Å². The van der Waals surface area contributed by atoms with Gasteiger partial charge in [-0.15, -0.1) is 0 Å². The molecule has 98 valence electrons. The number of halogens is 1. The minimum absolute atomic E-state index is 0.599. The summed E-state index contributed by atoms with van der Waals surface area (Å²) in [5.74, 6) is 1.67. The molecule has 0 aromatic heterocycles. The molecule has 3 nitrogen and oxygen atoms in total. The summed E-state index contributed by atoms with van der Waals surface area (Å²) < 4.78 is 0. The third-order valence-electron chi connectivity index (χ3n) is 3.25. The van der Waals surface area contributed by atoms with Gasteiger partial charge in [-0.2, -0.15) is 0 Å². The first-order valence-corrected chi connectivity index (χ1v) is 6.78. The predicted octanol–water partition coefficient (Wildman–Crippen LogP) is 2.46. The van der Waals surface area contributed by atoms with Crippen molar-refractivity contribution in [3.05, 3.63) is 34.9 Å². The molecule has 0 saturated heterocycles. The first kappa shape index (κ1) is 13.2. The third kappa shape index (κ3) is 3.91. The van der Waals surface area contributed by atoms with Crippen LogP contribution in [0.1, 0.15) is 18.9 Å². The van der Waals surface area contributed by atoms with Crippen molar-refractivity contribution in [1.82, 2.24) is 10.6 Å². The van der Waals surface area contributed by atoms with E-state index in [1.807, 2.05) is 25.2 Å². The van der Waals surface area contributed by atoms with Crippen LogP contribution < -0.4 is 10.6 Å². The molecule has 0 bridgehead atoms. The average Bonchev–Trinajstić information content (AvgIpc) is 3.04. The maximum atomic E-state index is 5.95. The fraction of sp³-hybridized carbons (Fsp3) is 0.500. The molecule has 0 spiro atoms. The van der Waals surface area contributed by atoms with Gasteiger partial charge in [-0.05, 0) is 36.5 Å². The fourth-order valence-corrected chi connectivity index (χ4v) is 2.12. The van der Waals surface area contributed by atoms with Gasteiger partial charge in [0.15, 0.2) is 5.96 Å². The minimum Gasteiger partial charge on any atom is -0.356 e. The summed E-state index contributed by atoms with van der Waals surface area (Å²) >= 11 is 5.95. The van der Waals surface area contributed by atoms with Gasteiger partial charge in [-0.25, -0.2) is 0 Å². The maximum absolute atomic E-state index is 5.95. The SMILES string of the molecule is CN=C(NCCc1cccc(Cl)c1)NC1CC1C. The Balaban J connectivity index is 1.73. The zero-order chi connectivity index (χ0) is 13.0. The van der Waals surface area contributed by atoms with Crippen LogP contribution >= 0.6 is 11.6 Å². The second-order valence-corrected chi connectivity index (χ2v) is 5.28. The van der Waals surface area contributed by atoms with Gasteiger partial charge in [0.25, 0.3) is 0 Å². The van der Waals surface area contributed by atoms with Crippen LogP contribution in [0.25, 0.3) is 0 Å². The lowest BCUT2D eigenvalue weighted by Gasteiger charge is -2.11. The summed E-state index contributed by atoms with van der Waals surface area (Å²) in [7, 11) is 1.81. The van der Waals surface area contributed by atoms with Gasteiger partial charge in [0, 0.05) is 24.7 Å². The first-order chi connectivity index (χ1) is 8.69. The quantitative estimate of drug-likeness (QED) is 0.648. The molecule has 2 unspecified atom stereocenters. The van der Waals surface area contributed by atoms with Gasteiger partial charge >= 0.3 is 0 Å². The Morgan fingerprint density at radius 3 is 2.89 bits per heavy atom. The number of nitrogens with one attached hydrogen (secondary N) is 2. The van der Waals surface area contributed by atoms with Gasteiger partial charge in [-0.1, -0.05) is 30.7 Å². The lowest BCUT2D eigenvalue weighted by Crippen LogP contribution is -2.39. The van der Waals surface area contributed by atoms with Crippen LogP contribution in [0.5, 0.6) is 0 Å². The highest BCUT2D eigenvalue weighted by Crippen LogP contribution is 2.28. The Morgan fingerprint density at radius 1 is 1.50 bits per heavy atom. The van der Waals surface area contributed by atoms with Crippen molar-refractivity contribution in [1.29, 1.82) is 0 Å². The Hall–Kier alpha value is -1.22. The van der Waals surface area contributed by atoms with Gasteiger partial charge in [0.05, 0.1) is 0 Å². The van der Waals surface area contributed by atoms with Crippen LogP contribution in [0.4, 0.5) is 0 Å². The molecule has 0 heterocycles. The Kier molecular flexibility index (Phi) is 4.48. The second kappa shape index (κ2) is 6.10. The van der Waals surface area contributed by atoms with E-state index >= 15 is 0 Å². The number of nitrogens with zero attached hydrogens (tertiary/aromatic N) is 1. The van der Waals surface area contributed by atoms with E-state index in [0.29, 0.717) is 6.04 Å². The smallest absolute Gasteiger partial charge is 0.191 e. The Morgan fingerprint density at radius 2 is 2.28 bits per heavy atom. The van der Waals surface area contributed by atoms with E-state index in [-0.39, 0.29) is 0 Å². The van der Waals surface area contributed by atoms with Crippen LogP contribution in [0, 0.1) is 5.92 Å². The summed E-state index contributed by atoms with van der Waals surface area (Å²) in [6.07, 6.45) is 2.19. The van der Waals surface area contributed by atoms with E-state index in [1.54, 1.807) is 0 Å². The molecule has 18 heavy (non-hydrogen) atoms. The normalized spacial score (nSPS) is 22.7. The standard InChI is InChI=1S/C14H20ClN3/c1-10-8-13(10)18-14(16-2)17-7-6-11-4-3-5-12(15)9-11/h3-5,9-10,13H,6-8H2,1-2H3,(H2,16,17,18). The minimum atomic E-state index is 0.599. The van der Waals surface area contributed by atoms with Gasteiger partial charge in [-0.3, -0.25) is 4.99 Å². The molecule has 1 fully saturated rings. The zero-order valence-corrected chi connectivity index (χ0v) is 11.7. The highest BCUT2D eigenvalue weighted by atomic mass is 35.5. The van der Waals surface area contributed by atoms with E-state index in [2.05, 4.69) is 28.6 Å². The lowest BCUT2D eigenvalue weighted by atomic mass is 10.1. The molecule has 2 rings (SSSR count). The monoisotopic (exact) mass is 265 g/mol. The predicted molar refractivity (Wildman–Crippen MR) is 77.2 cm³/mol. The van der Waals surface area contributed by atoms with Crippen LogP contribution in [-0.4, -0.2) is 25.6 Å². The van der Waals surface area contributed by atoms with E-state index in [0.717, 1.165) is 29.9 Å². The second-order valence-electron chi connectivity index (χ2n) is 4.84. The number of rotatable bonds is 4. The average molecular weight is 266 g/mol. The largest absolute Gasteiger partial charge is 0.356 e. The molecule has 4 heteroatoms. The van der Waals surface area contributed by atoms with E-state index < -0.39 is 0 Å². The van der Waals surface area contributed by atoms with Crippen molar-refractivity contribution in [3.8, 4) is 0 Å². The van der Waals surface area contributed by atoms with Crippen molar-refractivity contribution >= 4 is 17.6 Å². The summed E-state index contributed by atoms with van der Waals surface area (Å²) in [5, 5.41) is 7.52. The molecule has 2 atom stereocenters. The van der Waals surface area contributed by atoms with Gasteiger partial charge < -0.3 is 10.6 Å². The number of hydrogen-bond acceptors (Lipinski definition) is 1. The van der Waals surface area contributed by atoms with Crippen LogP contribution in [-0.2, 0) is 6.42 Å². The number of aliphatic imine (C=N–C) groups is 1. The summed E-state index contributed by atoms with van der Waals surface area (Å²) in [6, 6.07) is 8.57. The van der Waals surface area contributed by atoms with Crippen molar-refractivity contribution < 1.29 is 0 Å². The van der Waals surface area contributed by atoms with Crippen LogP contribution in [0.15, 0.2) is 29.3 Å².